The van der Waals surface area contributed by atoms with E-state index in [-0.39, 0.29) is 0 Å². The number of hydrogen-bond acceptors (Lipinski definition) is 1. The van der Waals surface area contributed by atoms with Crippen molar-refractivity contribution in [2.75, 3.05) is 20.1 Å². The van der Waals surface area contributed by atoms with Gasteiger partial charge in [0.05, 0.1) is 0 Å². The molecule has 3 rings (SSSR count). The lowest BCUT2D eigenvalue weighted by atomic mass is 9.38. The zero-order valence-electron chi connectivity index (χ0n) is 7.51. The smallest absolute Gasteiger partial charge is 0.000989 e. The van der Waals surface area contributed by atoms with Gasteiger partial charge in [-0.25, -0.2) is 0 Å². The van der Waals surface area contributed by atoms with Gasteiger partial charge in [0.25, 0.3) is 0 Å². The first-order valence-electron chi connectivity index (χ1n) is 4.88. The lowest BCUT2D eigenvalue weighted by Crippen LogP contribution is -2.67. The fourth-order valence-corrected chi connectivity index (χ4v) is 4.24. The second-order valence-electron chi connectivity index (χ2n) is 5.33. The molecule has 2 aliphatic carbocycles. The Labute approximate surface area is 68.8 Å². The molecule has 1 aliphatic heterocycles. The Hall–Kier alpha value is -0.0400. The summed E-state index contributed by atoms with van der Waals surface area (Å²) in [5, 5.41) is 0. The number of likely N-dealkylation sites (tertiary alicyclic amines) is 1. The van der Waals surface area contributed by atoms with Gasteiger partial charge in [0, 0.05) is 13.1 Å². The number of piperidine rings is 1. The summed E-state index contributed by atoms with van der Waals surface area (Å²) in [7, 11) is 2.28. The largest absolute Gasteiger partial charge is 0.306 e. The topological polar surface area (TPSA) is 3.24 Å². The molecule has 0 amide bonds. The first-order valence-corrected chi connectivity index (χ1v) is 4.88. The molecule has 2 unspecified atom stereocenters. The standard InChI is InChI=1S/C10H17N/c1-10-3-7-5-11(2)6-8(4-10)9(7)10/h7-9H,3-6H2,1-2H3. The van der Waals surface area contributed by atoms with Crippen LogP contribution in [0.1, 0.15) is 19.8 Å². The Morgan fingerprint density at radius 3 is 2.18 bits per heavy atom. The Morgan fingerprint density at radius 1 is 1.18 bits per heavy atom. The fourth-order valence-electron chi connectivity index (χ4n) is 4.24. The lowest BCUT2D eigenvalue weighted by Gasteiger charge is -2.70. The van der Waals surface area contributed by atoms with Crippen molar-refractivity contribution in [3.63, 3.8) is 0 Å². The van der Waals surface area contributed by atoms with Gasteiger partial charge in [0.15, 0.2) is 0 Å². The summed E-state index contributed by atoms with van der Waals surface area (Å²) >= 11 is 0. The predicted molar refractivity (Wildman–Crippen MR) is 45.3 cm³/mol. The number of rotatable bonds is 0. The van der Waals surface area contributed by atoms with Gasteiger partial charge in [-0.3, -0.25) is 0 Å². The Bertz CT molecular complexity index is 179. The molecule has 11 heavy (non-hydrogen) atoms. The van der Waals surface area contributed by atoms with Crippen LogP contribution in [0.2, 0.25) is 0 Å². The Morgan fingerprint density at radius 2 is 1.73 bits per heavy atom. The van der Waals surface area contributed by atoms with E-state index in [0.717, 1.165) is 23.2 Å². The first-order chi connectivity index (χ1) is 5.19. The van der Waals surface area contributed by atoms with Gasteiger partial charge >= 0.3 is 0 Å². The zero-order chi connectivity index (χ0) is 7.64. The van der Waals surface area contributed by atoms with Gasteiger partial charge in [-0.1, -0.05) is 6.92 Å². The third-order valence-electron chi connectivity index (χ3n) is 4.37. The van der Waals surface area contributed by atoms with E-state index in [1.165, 1.54) is 25.9 Å². The van der Waals surface area contributed by atoms with Crippen LogP contribution in [0.3, 0.4) is 0 Å². The van der Waals surface area contributed by atoms with Crippen LogP contribution in [0, 0.1) is 23.2 Å². The van der Waals surface area contributed by atoms with Gasteiger partial charge in [-0.2, -0.15) is 0 Å². The predicted octanol–water partition coefficient (Wildman–Crippen LogP) is 1.59. The summed E-state index contributed by atoms with van der Waals surface area (Å²) in [5.41, 5.74) is 0.816. The summed E-state index contributed by atoms with van der Waals surface area (Å²) in [5.74, 6) is 3.30. The van der Waals surface area contributed by atoms with Crippen molar-refractivity contribution in [3.8, 4) is 0 Å². The van der Waals surface area contributed by atoms with Crippen LogP contribution in [0.5, 0.6) is 0 Å². The molecule has 3 fully saturated rings. The second kappa shape index (κ2) is 1.66. The van der Waals surface area contributed by atoms with Crippen molar-refractivity contribution in [2.24, 2.45) is 23.2 Å². The fraction of sp³-hybridized carbons (Fsp3) is 1.00. The van der Waals surface area contributed by atoms with Gasteiger partial charge < -0.3 is 4.90 Å². The molecule has 1 heteroatoms. The number of nitrogens with zero attached hydrogens (tertiary/aromatic N) is 1. The normalized spacial score (nSPS) is 61.1. The second-order valence-corrected chi connectivity index (χ2v) is 5.33. The van der Waals surface area contributed by atoms with Gasteiger partial charge in [0.2, 0.25) is 0 Å². The third-order valence-corrected chi connectivity index (χ3v) is 4.37. The molecule has 3 aliphatic rings. The van der Waals surface area contributed by atoms with E-state index in [2.05, 4.69) is 18.9 Å². The van der Waals surface area contributed by atoms with E-state index >= 15 is 0 Å². The highest BCUT2D eigenvalue weighted by molar-refractivity contribution is 5.13. The highest BCUT2D eigenvalue weighted by Crippen LogP contribution is 2.68. The molecule has 62 valence electrons. The van der Waals surface area contributed by atoms with Gasteiger partial charge in [-0.15, -0.1) is 0 Å². The molecule has 0 spiro atoms. The minimum Gasteiger partial charge on any atom is -0.306 e. The van der Waals surface area contributed by atoms with Crippen molar-refractivity contribution in [1.29, 1.82) is 0 Å². The summed E-state index contributed by atoms with van der Waals surface area (Å²) in [6.45, 7) is 5.27. The minimum atomic E-state index is 0.816. The molecular weight excluding hydrogens is 134 g/mol. The molecule has 1 heterocycles. The molecule has 0 aromatic carbocycles. The summed E-state index contributed by atoms with van der Waals surface area (Å²) in [6, 6.07) is 0. The zero-order valence-corrected chi connectivity index (χ0v) is 7.51. The summed E-state index contributed by atoms with van der Waals surface area (Å²) < 4.78 is 0. The van der Waals surface area contributed by atoms with E-state index in [4.69, 9.17) is 0 Å². The SMILES string of the molecule is CN1CC2CC3(C)CC(C1)C23. The molecule has 1 saturated heterocycles. The molecule has 2 atom stereocenters. The molecule has 2 saturated carbocycles. The maximum atomic E-state index is 2.53. The monoisotopic (exact) mass is 151 g/mol. The maximum Gasteiger partial charge on any atom is 0.000989 e. The van der Waals surface area contributed by atoms with E-state index in [1.54, 1.807) is 0 Å². The molecule has 0 aromatic heterocycles. The van der Waals surface area contributed by atoms with Crippen LogP contribution < -0.4 is 0 Å². The Kier molecular flexibility index (Phi) is 0.976. The van der Waals surface area contributed by atoms with Crippen molar-refractivity contribution in [1.82, 2.24) is 4.90 Å². The van der Waals surface area contributed by atoms with E-state index in [0.29, 0.717) is 0 Å². The van der Waals surface area contributed by atoms with Crippen molar-refractivity contribution in [3.05, 3.63) is 0 Å². The molecule has 1 nitrogen and oxygen atoms in total. The van der Waals surface area contributed by atoms with Gasteiger partial charge in [-0.05, 0) is 43.1 Å². The van der Waals surface area contributed by atoms with Crippen LogP contribution in [-0.4, -0.2) is 25.0 Å². The summed E-state index contributed by atoms with van der Waals surface area (Å²) in [6.07, 6.45) is 3.05. The first kappa shape index (κ1) is 6.47. The maximum absolute atomic E-state index is 2.53. The number of hydrogen-bond donors (Lipinski definition) is 0. The molecule has 0 aromatic rings. The summed E-state index contributed by atoms with van der Waals surface area (Å²) in [4.78, 5) is 2.53. The minimum absolute atomic E-state index is 0.816. The van der Waals surface area contributed by atoms with Gasteiger partial charge in [0.1, 0.15) is 0 Å². The van der Waals surface area contributed by atoms with Crippen LogP contribution in [0.4, 0.5) is 0 Å². The average molecular weight is 151 g/mol. The van der Waals surface area contributed by atoms with Crippen molar-refractivity contribution < 1.29 is 0 Å². The molecule has 0 radical (unpaired) electrons. The molecule has 0 N–H and O–H groups in total. The van der Waals surface area contributed by atoms with Crippen LogP contribution >= 0.6 is 0 Å². The highest BCUT2D eigenvalue weighted by Gasteiger charge is 2.63. The van der Waals surface area contributed by atoms with Crippen LogP contribution in [-0.2, 0) is 0 Å². The molecule has 0 bridgehead atoms. The molecular formula is C10H17N. The van der Waals surface area contributed by atoms with Crippen molar-refractivity contribution >= 4 is 0 Å². The van der Waals surface area contributed by atoms with Crippen LogP contribution in [0.25, 0.3) is 0 Å². The lowest BCUT2D eigenvalue weighted by molar-refractivity contribution is -0.209. The Balaban J connectivity index is 1.82. The van der Waals surface area contributed by atoms with Crippen LogP contribution in [0.15, 0.2) is 0 Å². The van der Waals surface area contributed by atoms with E-state index < -0.39 is 0 Å². The van der Waals surface area contributed by atoms with E-state index in [9.17, 15) is 0 Å². The average Bonchev–Trinajstić information content (AvgIpc) is 1.81. The quantitative estimate of drug-likeness (QED) is 0.508. The highest BCUT2D eigenvalue weighted by atomic mass is 15.1. The third kappa shape index (κ3) is 0.618. The van der Waals surface area contributed by atoms with Crippen molar-refractivity contribution in [2.45, 2.75) is 19.8 Å². The van der Waals surface area contributed by atoms with E-state index in [1.807, 2.05) is 0 Å².